The molecular formula is C28H31ClFN7O3. The highest BCUT2D eigenvalue weighted by atomic mass is 35.5. The molecule has 1 aromatic heterocycles. The number of nitrogens with one attached hydrogen (secondary N) is 2. The van der Waals surface area contributed by atoms with Crippen molar-refractivity contribution in [1.29, 1.82) is 0 Å². The van der Waals surface area contributed by atoms with Crippen LogP contribution in [-0.4, -0.2) is 64.5 Å². The number of hydrogen-bond acceptors (Lipinski definition) is 7. The van der Waals surface area contributed by atoms with Gasteiger partial charge in [-0.25, -0.2) is 9.18 Å². The molecule has 0 spiro atoms. The van der Waals surface area contributed by atoms with Gasteiger partial charge in [-0.1, -0.05) is 17.7 Å². The van der Waals surface area contributed by atoms with Gasteiger partial charge in [0.05, 0.1) is 29.7 Å². The Labute approximate surface area is 236 Å². The van der Waals surface area contributed by atoms with Gasteiger partial charge in [0.25, 0.3) is 5.91 Å². The normalized spacial score (nSPS) is 17.4. The molecule has 2 N–H and O–H groups in total. The molecule has 40 heavy (non-hydrogen) atoms. The summed E-state index contributed by atoms with van der Waals surface area (Å²) in [5.41, 5.74) is 2.41. The summed E-state index contributed by atoms with van der Waals surface area (Å²) in [6.45, 7) is 4.46. The number of nitrogens with zero attached hydrogens (tertiary/aromatic N) is 5. The lowest BCUT2D eigenvalue weighted by molar-refractivity contribution is -0.123. The first kappa shape index (κ1) is 26.5. The number of amides is 2. The van der Waals surface area contributed by atoms with Crippen LogP contribution in [0.5, 0.6) is 0 Å². The minimum atomic E-state index is -0.677. The van der Waals surface area contributed by atoms with Crippen molar-refractivity contribution >= 4 is 40.8 Å². The third-order valence-electron chi connectivity index (χ3n) is 7.55. The van der Waals surface area contributed by atoms with Crippen LogP contribution in [0.4, 0.5) is 26.4 Å². The van der Waals surface area contributed by atoms with Crippen molar-refractivity contribution in [2.45, 2.75) is 25.9 Å². The highest BCUT2D eigenvalue weighted by Gasteiger charge is 2.29. The molecule has 1 aliphatic carbocycles. The van der Waals surface area contributed by atoms with Crippen LogP contribution in [0.15, 0.2) is 42.6 Å². The molecule has 0 radical (unpaired) electrons. The SMILES string of the molecule is Cn1ncc2c1Nc1cc(Cl)ccc1N(C(=O)c1ccc(CNC(=O)ON3CCN(CC4CC4)CC3)cc1F)C2. The van der Waals surface area contributed by atoms with Crippen LogP contribution < -0.4 is 15.5 Å². The van der Waals surface area contributed by atoms with E-state index in [4.69, 9.17) is 16.4 Å². The second-order valence-corrected chi connectivity index (χ2v) is 11.0. The van der Waals surface area contributed by atoms with Gasteiger partial charge < -0.3 is 25.3 Å². The molecule has 10 nitrogen and oxygen atoms in total. The first-order valence-electron chi connectivity index (χ1n) is 13.4. The molecule has 0 unspecified atom stereocenters. The first-order chi connectivity index (χ1) is 19.3. The van der Waals surface area contributed by atoms with Gasteiger partial charge >= 0.3 is 6.09 Å². The highest BCUT2D eigenvalue weighted by molar-refractivity contribution is 6.31. The van der Waals surface area contributed by atoms with E-state index in [2.05, 4.69) is 20.6 Å². The fourth-order valence-electron chi connectivity index (χ4n) is 5.15. The maximum absolute atomic E-state index is 15.3. The van der Waals surface area contributed by atoms with E-state index in [-0.39, 0.29) is 18.7 Å². The monoisotopic (exact) mass is 567 g/mol. The van der Waals surface area contributed by atoms with Crippen molar-refractivity contribution in [3.05, 3.63) is 70.1 Å². The molecule has 2 aliphatic heterocycles. The number of hydrogen-bond donors (Lipinski definition) is 2. The molecule has 1 saturated carbocycles. The number of carbonyl (C=O) groups excluding carboxylic acids is 2. The summed E-state index contributed by atoms with van der Waals surface area (Å²) in [5, 5.41) is 12.4. The number of anilines is 3. The third-order valence-corrected chi connectivity index (χ3v) is 7.78. The van der Waals surface area contributed by atoms with Crippen LogP contribution in [0.25, 0.3) is 0 Å². The van der Waals surface area contributed by atoms with Gasteiger partial charge in [-0.2, -0.15) is 5.10 Å². The second-order valence-electron chi connectivity index (χ2n) is 10.5. The zero-order chi connectivity index (χ0) is 27.8. The van der Waals surface area contributed by atoms with Crippen LogP contribution in [-0.2, 0) is 25.0 Å². The van der Waals surface area contributed by atoms with Crippen molar-refractivity contribution in [3.8, 4) is 0 Å². The van der Waals surface area contributed by atoms with Crippen molar-refractivity contribution in [1.82, 2.24) is 25.1 Å². The number of carbonyl (C=O) groups is 2. The predicted octanol–water partition coefficient (Wildman–Crippen LogP) is 4.29. The summed E-state index contributed by atoms with van der Waals surface area (Å²) in [5.74, 6) is 0.388. The van der Waals surface area contributed by atoms with Crippen LogP contribution >= 0.6 is 11.6 Å². The smallest absolute Gasteiger partial charge is 0.351 e. The topological polar surface area (TPSA) is 95.0 Å². The summed E-state index contributed by atoms with van der Waals surface area (Å²) in [6, 6.07) is 9.47. The Bertz CT molecular complexity index is 1440. The number of aryl methyl sites for hydroxylation is 1. The summed E-state index contributed by atoms with van der Waals surface area (Å²) < 4.78 is 16.9. The third kappa shape index (κ3) is 5.77. The number of piperazine rings is 1. The largest absolute Gasteiger partial charge is 0.426 e. The zero-order valence-electron chi connectivity index (χ0n) is 22.2. The quantitative estimate of drug-likeness (QED) is 0.459. The molecule has 0 atom stereocenters. The summed E-state index contributed by atoms with van der Waals surface area (Å²) >= 11 is 6.22. The number of benzene rings is 2. The van der Waals surface area contributed by atoms with Gasteiger partial charge in [-0.05, 0) is 54.7 Å². The minimum absolute atomic E-state index is 0.0693. The Morgan fingerprint density at radius 1 is 1.15 bits per heavy atom. The van der Waals surface area contributed by atoms with Crippen LogP contribution in [0.3, 0.4) is 0 Å². The lowest BCUT2D eigenvalue weighted by Crippen LogP contribution is -2.48. The molecule has 2 amide bonds. The van der Waals surface area contributed by atoms with E-state index in [1.807, 2.05) is 0 Å². The average molecular weight is 568 g/mol. The number of aromatic nitrogens is 2. The highest BCUT2D eigenvalue weighted by Crippen LogP contribution is 2.38. The number of halogens is 2. The lowest BCUT2D eigenvalue weighted by Gasteiger charge is -2.33. The molecule has 210 valence electrons. The summed E-state index contributed by atoms with van der Waals surface area (Å²) in [4.78, 5) is 35.3. The Morgan fingerprint density at radius 3 is 2.70 bits per heavy atom. The zero-order valence-corrected chi connectivity index (χ0v) is 23.0. The lowest BCUT2D eigenvalue weighted by atomic mass is 10.1. The maximum atomic E-state index is 15.3. The van der Waals surface area contributed by atoms with Crippen molar-refractivity contribution in [2.75, 3.05) is 42.9 Å². The molecule has 0 bridgehead atoms. The predicted molar refractivity (Wildman–Crippen MR) is 149 cm³/mol. The fourth-order valence-corrected chi connectivity index (χ4v) is 5.32. The molecule has 12 heteroatoms. The molecule has 3 aliphatic rings. The van der Waals surface area contributed by atoms with E-state index >= 15 is 4.39 Å². The number of rotatable bonds is 6. The van der Waals surface area contributed by atoms with Crippen molar-refractivity contribution < 1.29 is 18.8 Å². The van der Waals surface area contributed by atoms with Gasteiger partial charge in [0.15, 0.2) is 0 Å². The second kappa shape index (κ2) is 11.1. The summed E-state index contributed by atoms with van der Waals surface area (Å²) in [6.07, 6.45) is 3.73. The Kier molecular flexibility index (Phi) is 7.35. The molecule has 3 aromatic rings. The molecule has 1 saturated heterocycles. The first-order valence-corrected chi connectivity index (χ1v) is 13.8. The van der Waals surface area contributed by atoms with Gasteiger partial charge in [-0.15, -0.1) is 5.06 Å². The van der Waals surface area contributed by atoms with Crippen molar-refractivity contribution in [3.63, 3.8) is 0 Å². The Balaban J connectivity index is 1.09. The Morgan fingerprint density at radius 2 is 1.95 bits per heavy atom. The standard InChI is InChI=1S/C28H31ClFN7O3/c1-34-26-20(15-32-34)17-37(25-7-5-21(29)13-24(25)33-26)27(38)22-6-4-19(12-23(22)30)14-31-28(39)40-36-10-8-35(9-11-36)16-18-2-3-18/h4-7,12-13,15,18,33H,2-3,8-11,14,16-17H2,1H3,(H,31,39). The van der Waals surface area contributed by atoms with Crippen LogP contribution in [0, 0.1) is 11.7 Å². The van der Waals surface area contributed by atoms with E-state index < -0.39 is 17.8 Å². The van der Waals surface area contributed by atoms with Gasteiger partial charge in [0.2, 0.25) is 0 Å². The van der Waals surface area contributed by atoms with E-state index in [1.165, 1.54) is 29.9 Å². The fraction of sp³-hybridized carbons (Fsp3) is 0.393. The van der Waals surface area contributed by atoms with Gasteiger partial charge in [0.1, 0.15) is 11.6 Å². The van der Waals surface area contributed by atoms with E-state index in [9.17, 15) is 9.59 Å². The van der Waals surface area contributed by atoms with E-state index in [0.29, 0.717) is 35.1 Å². The maximum Gasteiger partial charge on any atom is 0.426 e. The summed E-state index contributed by atoms with van der Waals surface area (Å²) in [7, 11) is 1.80. The molecule has 2 fully saturated rings. The molecule has 3 heterocycles. The van der Waals surface area contributed by atoms with E-state index in [1.54, 1.807) is 47.3 Å². The van der Waals surface area contributed by atoms with Gasteiger partial charge in [-0.3, -0.25) is 9.48 Å². The molecular weight excluding hydrogens is 537 g/mol. The number of hydroxylamine groups is 2. The van der Waals surface area contributed by atoms with Crippen LogP contribution in [0.1, 0.15) is 34.3 Å². The van der Waals surface area contributed by atoms with Crippen molar-refractivity contribution in [2.24, 2.45) is 13.0 Å². The minimum Gasteiger partial charge on any atom is -0.351 e. The van der Waals surface area contributed by atoms with Crippen LogP contribution in [0.2, 0.25) is 5.02 Å². The van der Waals surface area contributed by atoms with Gasteiger partial charge in [0, 0.05) is 56.9 Å². The molecule has 2 aromatic carbocycles. The molecule has 6 rings (SSSR count). The number of fused-ring (bicyclic) bond motifs is 2. The Hall–Kier alpha value is -3.67. The van der Waals surface area contributed by atoms with E-state index in [0.717, 1.165) is 36.9 Å². The average Bonchev–Trinajstić information content (AvgIpc) is 3.72.